The van der Waals surface area contributed by atoms with Crippen molar-refractivity contribution in [3.63, 3.8) is 0 Å². The summed E-state index contributed by atoms with van der Waals surface area (Å²) in [6.45, 7) is 1.77. The maximum absolute atomic E-state index is 13.4. The van der Waals surface area contributed by atoms with Crippen LogP contribution in [0.2, 0.25) is 0 Å². The van der Waals surface area contributed by atoms with Gasteiger partial charge in [-0.2, -0.15) is 0 Å². The minimum atomic E-state index is -0.320. The van der Waals surface area contributed by atoms with E-state index in [0.29, 0.717) is 17.0 Å². The molecule has 0 spiro atoms. The fraction of sp³-hybridized carbons (Fsp3) is 0.182. The van der Waals surface area contributed by atoms with Crippen LogP contribution < -0.4 is 0 Å². The molecule has 1 heterocycles. The maximum atomic E-state index is 13.4. The number of nitrogens with zero attached hydrogens (tertiary/aromatic N) is 1. The van der Waals surface area contributed by atoms with Gasteiger partial charge < -0.3 is 4.52 Å². The van der Waals surface area contributed by atoms with Gasteiger partial charge in [0.25, 0.3) is 0 Å². The predicted octanol–water partition coefficient (Wildman–Crippen LogP) is 3.78. The van der Waals surface area contributed by atoms with Crippen molar-refractivity contribution < 1.29 is 8.91 Å². The summed E-state index contributed by atoms with van der Waals surface area (Å²) in [6.07, 6.45) is 0. The standard InChI is InChI=1S/C11H9ClFNO/c1-7(12)11-6-10(14-15-11)8-4-2-3-5-9(8)13/h2-7H,1H3. The van der Waals surface area contributed by atoms with Crippen LogP contribution in [0.15, 0.2) is 34.9 Å². The van der Waals surface area contributed by atoms with E-state index < -0.39 is 0 Å². The Labute approximate surface area is 91.7 Å². The van der Waals surface area contributed by atoms with Gasteiger partial charge in [-0.05, 0) is 19.1 Å². The quantitative estimate of drug-likeness (QED) is 0.727. The fourth-order valence-electron chi connectivity index (χ4n) is 1.27. The normalized spacial score (nSPS) is 12.7. The van der Waals surface area contributed by atoms with Crippen molar-refractivity contribution in [3.05, 3.63) is 41.9 Å². The topological polar surface area (TPSA) is 26.0 Å². The molecule has 2 aromatic rings. The highest BCUT2D eigenvalue weighted by atomic mass is 35.5. The summed E-state index contributed by atoms with van der Waals surface area (Å²) in [4.78, 5) is 0. The van der Waals surface area contributed by atoms with Crippen LogP contribution in [-0.4, -0.2) is 5.16 Å². The highest BCUT2D eigenvalue weighted by molar-refractivity contribution is 6.20. The smallest absolute Gasteiger partial charge is 0.154 e. The molecule has 0 aliphatic heterocycles. The van der Waals surface area contributed by atoms with E-state index in [-0.39, 0.29) is 11.2 Å². The molecule has 0 fully saturated rings. The highest BCUT2D eigenvalue weighted by Crippen LogP contribution is 2.26. The summed E-state index contributed by atoms with van der Waals surface area (Å²) in [5.74, 6) is 0.217. The van der Waals surface area contributed by atoms with Gasteiger partial charge in [-0.15, -0.1) is 11.6 Å². The van der Waals surface area contributed by atoms with Gasteiger partial charge in [0, 0.05) is 11.6 Å². The predicted molar refractivity (Wildman–Crippen MR) is 56.2 cm³/mol. The monoisotopic (exact) mass is 225 g/mol. The van der Waals surface area contributed by atoms with Gasteiger partial charge in [0.2, 0.25) is 0 Å². The second-order valence-electron chi connectivity index (χ2n) is 3.21. The van der Waals surface area contributed by atoms with Crippen LogP contribution in [-0.2, 0) is 0 Å². The third kappa shape index (κ3) is 2.02. The molecule has 0 radical (unpaired) electrons. The van der Waals surface area contributed by atoms with E-state index in [1.54, 1.807) is 31.2 Å². The molecule has 0 aliphatic carbocycles. The van der Waals surface area contributed by atoms with Crippen molar-refractivity contribution in [2.75, 3.05) is 0 Å². The second-order valence-corrected chi connectivity index (χ2v) is 3.87. The van der Waals surface area contributed by atoms with Gasteiger partial charge in [-0.1, -0.05) is 17.3 Å². The van der Waals surface area contributed by atoms with Crippen LogP contribution in [0.5, 0.6) is 0 Å². The number of benzene rings is 1. The van der Waals surface area contributed by atoms with Gasteiger partial charge in [-0.25, -0.2) is 4.39 Å². The first-order valence-corrected chi connectivity index (χ1v) is 4.97. The van der Waals surface area contributed by atoms with Crippen LogP contribution in [0.4, 0.5) is 4.39 Å². The lowest BCUT2D eigenvalue weighted by Gasteiger charge is -1.95. The summed E-state index contributed by atoms with van der Waals surface area (Å²) < 4.78 is 18.4. The molecule has 78 valence electrons. The molecular weight excluding hydrogens is 217 g/mol. The van der Waals surface area contributed by atoms with E-state index >= 15 is 0 Å². The molecule has 4 heteroatoms. The molecule has 0 aliphatic rings. The lowest BCUT2D eigenvalue weighted by molar-refractivity contribution is 0.385. The number of rotatable bonds is 2. The molecule has 2 nitrogen and oxygen atoms in total. The lowest BCUT2D eigenvalue weighted by atomic mass is 10.1. The Morgan fingerprint density at radius 3 is 2.73 bits per heavy atom. The van der Waals surface area contributed by atoms with E-state index in [2.05, 4.69) is 5.16 Å². The molecule has 0 bridgehead atoms. The average molecular weight is 226 g/mol. The summed E-state index contributed by atoms with van der Waals surface area (Å²) in [7, 11) is 0. The number of hydrogen-bond acceptors (Lipinski definition) is 2. The van der Waals surface area contributed by atoms with Crippen molar-refractivity contribution in [3.8, 4) is 11.3 Å². The maximum Gasteiger partial charge on any atom is 0.154 e. The van der Waals surface area contributed by atoms with Crippen LogP contribution in [0.3, 0.4) is 0 Å². The SMILES string of the molecule is CC(Cl)c1cc(-c2ccccc2F)no1. The van der Waals surface area contributed by atoms with Crippen molar-refractivity contribution in [1.82, 2.24) is 5.16 Å². The molecule has 1 unspecified atom stereocenters. The molecule has 1 aromatic heterocycles. The van der Waals surface area contributed by atoms with Crippen molar-refractivity contribution in [2.45, 2.75) is 12.3 Å². The van der Waals surface area contributed by atoms with Crippen LogP contribution >= 0.6 is 11.6 Å². The van der Waals surface area contributed by atoms with Gasteiger partial charge in [-0.3, -0.25) is 0 Å². The van der Waals surface area contributed by atoms with Crippen LogP contribution in [0.1, 0.15) is 18.1 Å². The Kier molecular flexibility index (Phi) is 2.73. The second kappa shape index (κ2) is 4.03. The van der Waals surface area contributed by atoms with Crippen LogP contribution in [0.25, 0.3) is 11.3 Å². The zero-order valence-corrected chi connectivity index (χ0v) is 8.83. The molecule has 0 saturated heterocycles. The molecule has 15 heavy (non-hydrogen) atoms. The first kappa shape index (κ1) is 10.2. The van der Waals surface area contributed by atoms with E-state index in [1.165, 1.54) is 6.07 Å². The van der Waals surface area contributed by atoms with Gasteiger partial charge in [0.1, 0.15) is 11.5 Å². The zero-order chi connectivity index (χ0) is 10.8. The molecular formula is C11H9ClFNO. The highest BCUT2D eigenvalue weighted by Gasteiger charge is 2.12. The van der Waals surface area contributed by atoms with E-state index in [4.69, 9.17) is 16.1 Å². The van der Waals surface area contributed by atoms with Crippen LogP contribution in [0, 0.1) is 5.82 Å². The third-order valence-electron chi connectivity index (χ3n) is 2.07. The first-order valence-electron chi connectivity index (χ1n) is 4.54. The Morgan fingerprint density at radius 1 is 1.40 bits per heavy atom. The molecule has 1 aromatic carbocycles. The number of hydrogen-bond donors (Lipinski definition) is 0. The zero-order valence-electron chi connectivity index (χ0n) is 8.08. The van der Waals surface area contributed by atoms with Crippen molar-refractivity contribution in [2.24, 2.45) is 0 Å². The molecule has 0 N–H and O–H groups in total. The Bertz CT molecular complexity index is 467. The number of aromatic nitrogens is 1. The Balaban J connectivity index is 2.42. The summed E-state index contributed by atoms with van der Waals surface area (Å²) in [6, 6.07) is 8.06. The lowest BCUT2D eigenvalue weighted by Crippen LogP contribution is -1.82. The first-order chi connectivity index (χ1) is 7.18. The largest absolute Gasteiger partial charge is 0.359 e. The fourth-order valence-corrected chi connectivity index (χ4v) is 1.38. The van der Waals surface area contributed by atoms with Crippen molar-refractivity contribution >= 4 is 11.6 Å². The number of alkyl halides is 1. The van der Waals surface area contributed by atoms with E-state index in [9.17, 15) is 4.39 Å². The van der Waals surface area contributed by atoms with Gasteiger partial charge in [0.05, 0.1) is 5.38 Å². The number of halogens is 2. The van der Waals surface area contributed by atoms with E-state index in [0.717, 1.165) is 0 Å². The van der Waals surface area contributed by atoms with E-state index in [1.807, 2.05) is 0 Å². The molecule has 2 rings (SSSR count). The van der Waals surface area contributed by atoms with Crippen molar-refractivity contribution in [1.29, 1.82) is 0 Å². The van der Waals surface area contributed by atoms with Gasteiger partial charge in [0.15, 0.2) is 5.76 Å². The minimum absolute atomic E-state index is 0.266. The average Bonchev–Trinajstić information content (AvgIpc) is 2.67. The van der Waals surface area contributed by atoms with Gasteiger partial charge >= 0.3 is 0 Å². The summed E-state index contributed by atoms with van der Waals surface area (Å²) in [5, 5.41) is 3.50. The Morgan fingerprint density at radius 2 is 2.13 bits per heavy atom. The Hall–Kier alpha value is -1.35. The minimum Gasteiger partial charge on any atom is -0.359 e. The summed E-state index contributed by atoms with van der Waals surface area (Å²) in [5.41, 5.74) is 0.889. The summed E-state index contributed by atoms with van der Waals surface area (Å²) >= 11 is 5.82. The molecule has 0 amide bonds. The third-order valence-corrected chi connectivity index (χ3v) is 2.29. The molecule has 1 atom stereocenters. The molecule has 0 saturated carbocycles.